The third kappa shape index (κ3) is 1.38. The molecule has 0 aliphatic carbocycles. The molecule has 5 heteroatoms. The second-order valence-corrected chi connectivity index (χ2v) is 3.39. The Balaban J connectivity index is 2.19. The number of fused-ring (bicyclic) bond motifs is 1. The molecule has 0 radical (unpaired) electrons. The minimum absolute atomic E-state index is 0.117. The van der Waals surface area contributed by atoms with E-state index in [1.54, 1.807) is 18.5 Å². The summed E-state index contributed by atoms with van der Waals surface area (Å²) in [5, 5.41) is 9.33. The molecule has 5 nitrogen and oxygen atoms in total. The van der Waals surface area contributed by atoms with E-state index in [2.05, 4.69) is 19.9 Å². The molecule has 0 saturated heterocycles. The van der Waals surface area contributed by atoms with Crippen LogP contribution in [0.5, 0.6) is 5.75 Å². The zero-order chi connectivity index (χ0) is 11.0. The lowest BCUT2D eigenvalue weighted by Crippen LogP contribution is -1.81. The quantitative estimate of drug-likeness (QED) is 0.644. The summed E-state index contributed by atoms with van der Waals surface area (Å²) in [6.45, 7) is 0. The standard InChI is InChI=1S/C11H8N4O/c16-8-4-7(5-12-6-8)10-14-9-2-1-3-13-11(9)15-10/h1-6,16H,(H,13,14,15). The number of aromatic nitrogens is 4. The number of hydrogen-bond acceptors (Lipinski definition) is 4. The summed E-state index contributed by atoms with van der Waals surface area (Å²) in [4.78, 5) is 15.4. The van der Waals surface area contributed by atoms with Crippen molar-refractivity contribution in [2.24, 2.45) is 0 Å². The molecule has 0 spiro atoms. The highest BCUT2D eigenvalue weighted by molar-refractivity contribution is 5.75. The van der Waals surface area contributed by atoms with Gasteiger partial charge in [0.25, 0.3) is 0 Å². The van der Waals surface area contributed by atoms with Gasteiger partial charge in [-0.15, -0.1) is 0 Å². The van der Waals surface area contributed by atoms with Crippen molar-refractivity contribution in [1.29, 1.82) is 0 Å². The molecule has 0 saturated carbocycles. The number of pyridine rings is 2. The Hall–Kier alpha value is -2.43. The van der Waals surface area contributed by atoms with E-state index in [0.29, 0.717) is 11.5 Å². The summed E-state index contributed by atoms with van der Waals surface area (Å²) in [6, 6.07) is 5.34. The predicted octanol–water partition coefficient (Wildman–Crippen LogP) is 1.73. The van der Waals surface area contributed by atoms with Crippen molar-refractivity contribution >= 4 is 11.2 Å². The number of nitrogens with one attached hydrogen (secondary N) is 1. The van der Waals surface area contributed by atoms with Gasteiger partial charge in [0.2, 0.25) is 0 Å². The first kappa shape index (κ1) is 8.84. The van der Waals surface area contributed by atoms with Crippen LogP contribution in [0.25, 0.3) is 22.6 Å². The van der Waals surface area contributed by atoms with Crippen LogP contribution in [0.15, 0.2) is 36.8 Å². The molecule has 0 unspecified atom stereocenters. The molecule has 3 aromatic heterocycles. The van der Waals surface area contributed by atoms with Crippen LogP contribution >= 0.6 is 0 Å². The van der Waals surface area contributed by atoms with Crippen LogP contribution in [0.4, 0.5) is 0 Å². The molecule has 0 fully saturated rings. The summed E-state index contributed by atoms with van der Waals surface area (Å²) >= 11 is 0. The minimum Gasteiger partial charge on any atom is -0.506 e. The Kier molecular flexibility index (Phi) is 1.83. The molecular weight excluding hydrogens is 204 g/mol. The van der Waals surface area contributed by atoms with Gasteiger partial charge in [0, 0.05) is 18.0 Å². The Morgan fingerprint density at radius 1 is 1.25 bits per heavy atom. The number of aromatic amines is 1. The molecular formula is C11H8N4O. The maximum Gasteiger partial charge on any atom is 0.178 e. The normalized spacial score (nSPS) is 10.8. The van der Waals surface area contributed by atoms with E-state index < -0.39 is 0 Å². The van der Waals surface area contributed by atoms with Gasteiger partial charge in [0.1, 0.15) is 11.6 Å². The number of imidazole rings is 1. The van der Waals surface area contributed by atoms with Crippen molar-refractivity contribution in [3.63, 3.8) is 0 Å². The molecule has 0 bridgehead atoms. The van der Waals surface area contributed by atoms with Crippen molar-refractivity contribution in [1.82, 2.24) is 19.9 Å². The van der Waals surface area contributed by atoms with E-state index in [1.165, 1.54) is 6.20 Å². The second-order valence-electron chi connectivity index (χ2n) is 3.39. The highest BCUT2D eigenvalue weighted by Gasteiger charge is 2.06. The number of H-pyrrole nitrogens is 1. The highest BCUT2D eigenvalue weighted by Crippen LogP contribution is 2.21. The number of nitrogens with zero attached hydrogens (tertiary/aromatic N) is 3. The molecule has 0 aliphatic heterocycles. The molecule has 0 atom stereocenters. The Morgan fingerprint density at radius 3 is 3.00 bits per heavy atom. The van der Waals surface area contributed by atoms with Crippen molar-refractivity contribution in [2.45, 2.75) is 0 Å². The average molecular weight is 212 g/mol. The van der Waals surface area contributed by atoms with Gasteiger partial charge in [-0.25, -0.2) is 9.97 Å². The summed E-state index contributed by atoms with van der Waals surface area (Å²) in [5.74, 6) is 0.767. The topological polar surface area (TPSA) is 74.7 Å². The first-order valence-electron chi connectivity index (χ1n) is 4.78. The van der Waals surface area contributed by atoms with Gasteiger partial charge in [0.15, 0.2) is 5.65 Å². The monoisotopic (exact) mass is 212 g/mol. The molecule has 3 aromatic rings. The van der Waals surface area contributed by atoms with E-state index in [4.69, 9.17) is 0 Å². The molecule has 0 aromatic carbocycles. The van der Waals surface area contributed by atoms with Crippen LogP contribution in [0.3, 0.4) is 0 Å². The summed E-state index contributed by atoms with van der Waals surface area (Å²) < 4.78 is 0. The molecule has 16 heavy (non-hydrogen) atoms. The molecule has 78 valence electrons. The number of hydrogen-bond donors (Lipinski definition) is 2. The van der Waals surface area contributed by atoms with Crippen LogP contribution in [-0.4, -0.2) is 25.0 Å². The lowest BCUT2D eigenvalue weighted by Gasteiger charge is -1.95. The summed E-state index contributed by atoms with van der Waals surface area (Å²) in [6.07, 6.45) is 4.70. The number of rotatable bonds is 1. The summed E-state index contributed by atoms with van der Waals surface area (Å²) in [7, 11) is 0. The minimum atomic E-state index is 0.117. The van der Waals surface area contributed by atoms with Crippen molar-refractivity contribution < 1.29 is 5.11 Å². The Labute approximate surface area is 90.8 Å². The van der Waals surface area contributed by atoms with E-state index in [-0.39, 0.29) is 5.75 Å². The van der Waals surface area contributed by atoms with Crippen LogP contribution in [0.2, 0.25) is 0 Å². The van der Waals surface area contributed by atoms with E-state index in [0.717, 1.165) is 11.1 Å². The van der Waals surface area contributed by atoms with Crippen LogP contribution in [0, 0.1) is 0 Å². The van der Waals surface area contributed by atoms with Crippen molar-refractivity contribution in [3.05, 3.63) is 36.8 Å². The summed E-state index contributed by atoms with van der Waals surface area (Å²) in [5.41, 5.74) is 2.25. The Bertz CT molecular complexity index is 614. The number of aromatic hydroxyl groups is 1. The van der Waals surface area contributed by atoms with Gasteiger partial charge in [-0.3, -0.25) is 4.98 Å². The van der Waals surface area contributed by atoms with Crippen molar-refractivity contribution in [3.8, 4) is 17.1 Å². The maximum absolute atomic E-state index is 9.33. The molecule has 0 amide bonds. The van der Waals surface area contributed by atoms with Crippen LogP contribution < -0.4 is 0 Å². The van der Waals surface area contributed by atoms with Crippen LogP contribution in [-0.2, 0) is 0 Å². The van der Waals surface area contributed by atoms with Gasteiger partial charge in [-0.1, -0.05) is 0 Å². The van der Waals surface area contributed by atoms with Crippen molar-refractivity contribution in [2.75, 3.05) is 0 Å². The lowest BCUT2D eigenvalue weighted by molar-refractivity contribution is 0.473. The van der Waals surface area contributed by atoms with E-state index >= 15 is 0 Å². The van der Waals surface area contributed by atoms with E-state index in [9.17, 15) is 5.11 Å². The lowest BCUT2D eigenvalue weighted by atomic mass is 10.2. The average Bonchev–Trinajstić information content (AvgIpc) is 2.72. The van der Waals surface area contributed by atoms with Crippen LogP contribution in [0.1, 0.15) is 0 Å². The molecule has 3 heterocycles. The van der Waals surface area contributed by atoms with E-state index in [1.807, 2.05) is 12.1 Å². The third-order valence-corrected chi connectivity index (χ3v) is 2.25. The molecule has 3 rings (SSSR count). The molecule has 0 aliphatic rings. The smallest absolute Gasteiger partial charge is 0.178 e. The SMILES string of the molecule is Oc1cncc(-c2nc3ncccc3[nH]2)c1. The maximum atomic E-state index is 9.33. The van der Waals surface area contributed by atoms with Gasteiger partial charge >= 0.3 is 0 Å². The van der Waals surface area contributed by atoms with Gasteiger partial charge in [-0.2, -0.15) is 0 Å². The third-order valence-electron chi connectivity index (χ3n) is 2.25. The Morgan fingerprint density at radius 2 is 2.19 bits per heavy atom. The fourth-order valence-corrected chi connectivity index (χ4v) is 1.54. The fourth-order valence-electron chi connectivity index (χ4n) is 1.54. The second kappa shape index (κ2) is 3.30. The zero-order valence-electron chi connectivity index (χ0n) is 8.25. The fraction of sp³-hybridized carbons (Fsp3) is 0. The first-order valence-corrected chi connectivity index (χ1v) is 4.78. The molecule has 2 N–H and O–H groups in total. The largest absolute Gasteiger partial charge is 0.506 e. The van der Waals surface area contributed by atoms with Gasteiger partial charge in [-0.05, 0) is 18.2 Å². The first-order chi connectivity index (χ1) is 7.83. The predicted molar refractivity (Wildman–Crippen MR) is 58.8 cm³/mol. The zero-order valence-corrected chi connectivity index (χ0v) is 8.25. The highest BCUT2D eigenvalue weighted by atomic mass is 16.3. The van der Waals surface area contributed by atoms with Gasteiger partial charge < -0.3 is 10.1 Å². The van der Waals surface area contributed by atoms with Gasteiger partial charge in [0.05, 0.1) is 11.7 Å².